The maximum Gasteiger partial charge on any atom is 0.231 e. The van der Waals surface area contributed by atoms with Gasteiger partial charge in [0.15, 0.2) is 4.34 Å². The molecule has 2 amide bonds. The van der Waals surface area contributed by atoms with Crippen molar-refractivity contribution in [1.29, 1.82) is 0 Å². The van der Waals surface area contributed by atoms with E-state index in [-0.39, 0.29) is 18.2 Å². The van der Waals surface area contributed by atoms with Crippen LogP contribution in [0.15, 0.2) is 51.4 Å². The lowest BCUT2D eigenvalue weighted by atomic mass is 10.1. The largest absolute Gasteiger partial charge is 0.467 e. The number of hydrogen-bond donors (Lipinski definition) is 1. The smallest absolute Gasteiger partial charge is 0.231 e. The van der Waals surface area contributed by atoms with Gasteiger partial charge in [-0.1, -0.05) is 46.8 Å². The minimum atomic E-state index is -0.411. The van der Waals surface area contributed by atoms with Gasteiger partial charge < -0.3 is 14.6 Å². The molecule has 1 N–H and O–H groups in total. The fourth-order valence-corrected chi connectivity index (χ4v) is 4.78. The Morgan fingerprint density at radius 3 is 2.90 bits per heavy atom. The molecule has 0 spiro atoms. The van der Waals surface area contributed by atoms with Crippen LogP contribution in [0.2, 0.25) is 5.02 Å². The van der Waals surface area contributed by atoms with Crippen LogP contribution >= 0.6 is 34.7 Å². The van der Waals surface area contributed by atoms with Gasteiger partial charge in [0.1, 0.15) is 5.76 Å². The monoisotopic (exact) mass is 448 g/mol. The van der Waals surface area contributed by atoms with Crippen LogP contribution in [0.1, 0.15) is 17.7 Å². The predicted octanol–water partition coefficient (Wildman–Crippen LogP) is 4.06. The molecule has 1 saturated heterocycles. The number of nitrogens with zero attached hydrogens (tertiary/aromatic N) is 3. The molecule has 1 fully saturated rings. The van der Waals surface area contributed by atoms with Gasteiger partial charge in [-0.3, -0.25) is 9.59 Å². The molecule has 4 rings (SSSR count). The molecular formula is C19H17ClN4O3S2. The molecule has 0 bridgehead atoms. The fraction of sp³-hybridized carbons (Fsp3) is 0.263. The number of rotatable bonds is 7. The van der Waals surface area contributed by atoms with Crippen molar-refractivity contribution in [2.24, 2.45) is 5.92 Å². The van der Waals surface area contributed by atoms with E-state index in [0.717, 1.165) is 15.7 Å². The van der Waals surface area contributed by atoms with E-state index in [9.17, 15) is 9.59 Å². The molecule has 0 unspecified atom stereocenters. The molecule has 0 aliphatic carbocycles. The number of halogens is 1. The van der Waals surface area contributed by atoms with Gasteiger partial charge in [0.05, 0.1) is 18.7 Å². The molecule has 3 aromatic rings. The number of amides is 2. The van der Waals surface area contributed by atoms with E-state index in [1.807, 2.05) is 30.3 Å². The number of nitrogens with one attached hydrogen (secondary N) is 1. The molecule has 0 radical (unpaired) electrons. The highest BCUT2D eigenvalue weighted by atomic mass is 35.5. The zero-order chi connectivity index (χ0) is 20.2. The van der Waals surface area contributed by atoms with Gasteiger partial charge in [-0.15, -0.1) is 10.2 Å². The first kappa shape index (κ1) is 19.9. The third kappa shape index (κ3) is 5.17. The van der Waals surface area contributed by atoms with Crippen molar-refractivity contribution in [3.63, 3.8) is 0 Å². The van der Waals surface area contributed by atoms with Crippen LogP contribution in [0.3, 0.4) is 0 Å². The maximum absolute atomic E-state index is 12.5. The summed E-state index contributed by atoms with van der Waals surface area (Å²) in [5.74, 6) is 0.750. The normalized spacial score (nSPS) is 16.4. The number of aromatic nitrogens is 2. The summed E-state index contributed by atoms with van der Waals surface area (Å²) in [6.07, 6.45) is 1.75. The van der Waals surface area contributed by atoms with E-state index in [0.29, 0.717) is 29.0 Å². The number of likely N-dealkylation sites (tertiary alicyclic amines) is 1. The lowest BCUT2D eigenvalue weighted by Crippen LogP contribution is -2.27. The highest BCUT2D eigenvalue weighted by Crippen LogP contribution is 2.29. The summed E-state index contributed by atoms with van der Waals surface area (Å²) in [5, 5.41) is 12.1. The van der Waals surface area contributed by atoms with Gasteiger partial charge in [-0.25, -0.2) is 0 Å². The van der Waals surface area contributed by atoms with Crippen molar-refractivity contribution >= 4 is 51.6 Å². The zero-order valence-corrected chi connectivity index (χ0v) is 17.6. The third-order valence-electron chi connectivity index (χ3n) is 4.42. The van der Waals surface area contributed by atoms with Crippen LogP contribution in [0.4, 0.5) is 5.13 Å². The predicted molar refractivity (Wildman–Crippen MR) is 112 cm³/mol. The van der Waals surface area contributed by atoms with Crippen LogP contribution in [0.5, 0.6) is 0 Å². The summed E-state index contributed by atoms with van der Waals surface area (Å²) >= 11 is 8.75. The van der Waals surface area contributed by atoms with Crippen molar-refractivity contribution in [2.75, 3.05) is 11.9 Å². The molecule has 29 heavy (non-hydrogen) atoms. The summed E-state index contributed by atoms with van der Waals surface area (Å²) in [7, 11) is 0. The molecule has 3 heterocycles. The van der Waals surface area contributed by atoms with Gasteiger partial charge in [0, 0.05) is 23.7 Å². The van der Waals surface area contributed by atoms with E-state index < -0.39 is 5.92 Å². The number of carbonyl (C=O) groups is 2. The molecule has 1 aliphatic rings. The highest BCUT2D eigenvalue weighted by molar-refractivity contribution is 8.00. The molecule has 0 saturated carbocycles. The SMILES string of the molecule is O=C(Nc1nnc(SCc2ccc(Cl)cc2)s1)[C@@H]1CC(=O)N(Cc2ccco2)C1. The van der Waals surface area contributed by atoms with Crippen LogP contribution in [0, 0.1) is 5.92 Å². The van der Waals surface area contributed by atoms with Crippen LogP contribution < -0.4 is 5.32 Å². The Bertz CT molecular complexity index is 991. The van der Waals surface area contributed by atoms with Gasteiger partial charge in [-0.2, -0.15) is 0 Å². The van der Waals surface area contributed by atoms with Gasteiger partial charge in [0.2, 0.25) is 16.9 Å². The Hall–Kier alpha value is -2.36. The molecule has 1 aromatic carbocycles. The average Bonchev–Trinajstić information content (AvgIpc) is 3.45. The molecule has 1 atom stereocenters. The molecule has 10 heteroatoms. The lowest BCUT2D eigenvalue weighted by Gasteiger charge is -2.14. The van der Waals surface area contributed by atoms with Gasteiger partial charge >= 0.3 is 0 Å². The number of furan rings is 1. The molecule has 7 nitrogen and oxygen atoms in total. The molecule has 150 valence electrons. The average molecular weight is 449 g/mol. The van der Waals surface area contributed by atoms with Crippen molar-refractivity contribution in [3.05, 3.63) is 59.0 Å². The number of benzene rings is 1. The van der Waals surface area contributed by atoms with E-state index in [1.54, 1.807) is 29.0 Å². The van der Waals surface area contributed by atoms with Crippen molar-refractivity contribution in [2.45, 2.75) is 23.1 Å². The van der Waals surface area contributed by atoms with Crippen LogP contribution in [0.25, 0.3) is 0 Å². The minimum absolute atomic E-state index is 0.0574. The summed E-state index contributed by atoms with van der Waals surface area (Å²) in [4.78, 5) is 26.4. The van der Waals surface area contributed by atoms with E-state index in [4.69, 9.17) is 16.0 Å². The van der Waals surface area contributed by atoms with E-state index in [1.165, 1.54) is 11.3 Å². The maximum atomic E-state index is 12.5. The Balaban J connectivity index is 1.28. The van der Waals surface area contributed by atoms with Crippen LogP contribution in [-0.2, 0) is 21.9 Å². The Kier molecular flexibility index (Phi) is 6.17. The minimum Gasteiger partial charge on any atom is -0.467 e. The number of thioether (sulfide) groups is 1. The molecule has 1 aliphatic heterocycles. The van der Waals surface area contributed by atoms with Gasteiger partial charge in [0.25, 0.3) is 0 Å². The first-order valence-electron chi connectivity index (χ1n) is 8.88. The van der Waals surface area contributed by atoms with Crippen molar-refractivity contribution < 1.29 is 14.0 Å². The molecule has 2 aromatic heterocycles. The Labute approximate surface area is 180 Å². The summed E-state index contributed by atoms with van der Waals surface area (Å²) in [6, 6.07) is 11.2. The second-order valence-corrected chi connectivity index (χ2v) is 9.17. The quantitative estimate of drug-likeness (QED) is 0.433. The standard InChI is InChI=1S/C19H17ClN4O3S2/c20-14-5-3-12(4-6-14)11-28-19-23-22-18(29-19)21-17(26)13-8-16(25)24(9-13)10-15-2-1-7-27-15/h1-7,13H,8-11H2,(H,21,22,26)/t13-/m1/s1. The van der Waals surface area contributed by atoms with E-state index >= 15 is 0 Å². The van der Waals surface area contributed by atoms with Crippen molar-refractivity contribution in [3.8, 4) is 0 Å². The fourth-order valence-electron chi connectivity index (χ4n) is 2.94. The summed E-state index contributed by atoms with van der Waals surface area (Å²) in [5.41, 5.74) is 1.13. The lowest BCUT2D eigenvalue weighted by molar-refractivity contribution is -0.128. The van der Waals surface area contributed by atoms with Crippen LogP contribution in [-0.4, -0.2) is 33.5 Å². The third-order valence-corrected chi connectivity index (χ3v) is 6.72. The zero-order valence-electron chi connectivity index (χ0n) is 15.2. The Morgan fingerprint density at radius 1 is 1.31 bits per heavy atom. The van der Waals surface area contributed by atoms with Gasteiger partial charge in [-0.05, 0) is 29.8 Å². The van der Waals surface area contributed by atoms with Crippen molar-refractivity contribution in [1.82, 2.24) is 15.1 Å². The Morgan fingerprint density at radius 2 is 2.14 bits per heavy atom. The topological polar surface area (TPSA) is 88.3 Å². The molecular weight excluding hydrogens is 432 g/mol. The second-order valence-electron chi connectivity index (χ2n) is 6.53. The summed E-state index contributed by atoms with van der Waals surface area (Å²) < 4.78 is 6.04. The summed E-state index contributed by atoms with van der Waals surface area (Å²) in [6.45, 7) is 0.738. The highest BCUT2D eigenvalue weighted by Gasteiger charge is 2.35. The first-order valence-corrected chi connectivity index (χ1v) is 11.1. The van der Waals surface area contributed by atoms with E-state index in [2.05, 4.69) is 15.5 Å². The second kappa shape index (κ2) is 8.98. The number of carbonyl (C=O) groups excluding carboxylic acids is 2. The first-order chi connectivity index (χ1) is 14.1. The number of hydrogen-bond acceptors (Lipinski definition) is 7. The number of anilines is 1.